The van der Waals surface area contributed by atoms with Gasteiger partial charge in [-0.15, -0.1) is 0 Å². The molecule has 0 radical (unpaired) electrons. The van der Waals surface area contributed by atoms with Crippen molar-refractivity contribution >= 4 is 17.3 Å². The lowest BCUT2D eigenvalue weighted by atomic mass is 9.79. The molecule has 1 aromatic rings. The summed E-state index contributed by atoms with van der Waals surface area (Å²) in [6.07, 6.45) is 5.17. The minimum Gasteiger partial charge on any atom is -0.382 e. The predicted octanol–water partition coefficient (Wildman–Crippen LogP) is 4.58. The molecule has 0 aromatic heterocycles. The molecular formula is C18H28N2O. The monoisotopic (exact) mass is 288 g/mol. The minimum absolute atomic E-state index is 0.0256. The van der Waals surface area contributed by atoms with Crippen LogP contribution in [0.25, 0.3) is 0 Å². The lowest BCUT2D eigenvalue weighted by Crippen LogP contribution is -2.29. The highest BCUT2D eigenvalue weighted by atomic mass is 16.1. The van der Waals surface area contributed by atoms with Crippen molar-refractivity contribution in [2.24, 2.45) is 11.8 Å². The summed E-state index contributed by atoms with van der Waals surface area (Å²) in [7, 11) is 0. The van der Waals surface area contributed by atoms with E-state index >= 15 is 0 Å². The predicted molar refractivity (Wildman–Crippen MR) is 89.7 cm³/mol. The number of hydrogen-bond acceptors (Lipinski definition) is 2. The average molecular weight is 288 g/mol. The first kappa shape index (κ1) is 15.9. The van der Waals surface area contributed by atoms with E-state index in [1.807, 2.05) is 6.07 Å². The van der Waals surface area contributed by atoms with Crippen LogP contribution in [-0.4, -0.2) is 11.9 Å². The third-order valence-electron chi connectivity index (χ3n) is 4.58. The van der Waals surface area contributed by atoms with Crippen molar-refractivity contribution in [1.82, 2.24) is 0 Å². The molecule has 116 valence electrons. The molecule has 2 N–H and O–H groups in total. The van der Waals surface area contributed by atoms with Crippen molar-refractivity contribution < 1.29 is 4.79 Å². The summed E-state index contributed by atoms with van der Waals surface area (Å²) in [5.41, 5.74) is 3.25. The highest BCUT2D eigenvalue weighted by Crippen LogP contribution is 2.32. The molecule has 1 amide bonds. The number of anilines is 2. The van der Waals surface area contributed by atoms with Crippen LogP contribution in [0, 0.1) is 18.8 Å². The Morgan fingerprint density at radius 2 is 2.05 bits per heavy atom. The van der Waals surface area contributed by atoms with Crippen molar-refractivity contribution in [2.45, 2.75) is 59.4 Å². The zero-order chi connectivity index (χ0) is 15.4. The molecule has 1 aliphatic rings. The second-order valence-electron chi connectivity index (χ2n) is 6.72. The number of amides is 1. The molecule has 0 aliphatic heterocycles. The summed E-state index contributed by atoms with van der Waals surface area (Å²) >= 11 is 0. The summed E-state index contributed by atoms with van der Waals surface area (Å²) in [6.45, 7) is 8.31. The van der Waals surface area contributed by atoms with Crippen molar-refractivity contribution in [3.05, 3.63) is 23.8 Å². The van der Waals surface area contributed by atoms with E-state index < -0.39 is 0 Å². The Labute approximate surface area is 128 Å². The molecule has 3 heteroatoms. The van der Waals surface area contributed by atoms with Crippen LogP contribution in [0.3, 0.4) is 0 Å². The second kappa shape index (κ2) is 6.97. The molecule has 2 unspecified atom stereocenters. The Balaban J connectivity index is 2.06. The van der Waals surface area contributed by atoms with Gasteiger partial charge in [-0.1, -0.05) is 32.8 Å². The van der Waals surface area contributed by atoms with Gasteiger partial charge in [0.1, 0.15) is 0 Å². The Hall–Kier alpha value is -1.51. The SMILES string of the molecule is CC(=O)Nc1ccc(C)c(NC2CCCC(C(C)C)C2)c1. The van der Waals surface area contributed by atoms with E-state index in [4.69, 9.17) is 0 Å². The standard InChI is InChI=1S/C18H28N2O/c1-12(2)15-6-5-7-16(10-15)20-18-11-17(19-14(4)21)9-8-13(18)3/h8-9,11-12,15-16,20H,5-7,10H2,1-4H3,(H,19,21). The lowest BCUT2D eigenvalue weighted by molar-refractivity contribution is -0.114. The Morgan fingerprint density at radius 3 is 2.71 bits per heavy atom. The molecule has 0 bridgehead atoms. The van der Waals surface area contributed by atoms with Crippen LogP contribution in [0.15, 0.2) is 18.2 Å². The van der Waals surface area contributed by atoms with Gasteiger partial charge in [-0.05, 0) is 49.3 Å². The third-order valence-corrected chi connectivity index (χ3v) is 4.58. The molecule has 2 atom stereocenters. The molecule has 0 heterocycles. The normalized spacial score (nSPS) is 22.1. The van der Waals surface area contributed by atoms with Gasteiger partial charge in [0.15, 0.2) is 0 Å². The quantitative estimate of drug-likeness (QED) is 0.851. The summed E-state index contributed by atoms with van der Waals surface area (Å²) in [6, 6.07) is 6.63. The van der Waals surface area contributed by atoms with Gasteiger partial charge in [-0.3, -0.25) is 4.79 Å². The number of carbonyl (C=O) groups excluding carboxylic acids is 1. The maximum atomic E-state index is 11.2. The number of aryl methyl sites for hydroxylation is 1. The number of rotatable bonds is 4. The molecule has 1 fully saturated rings. The van der Waals surface area contributed by atoms with Gasteiger partial charge in [-0.25, -0.2) is 0 Å². The van der Waals surface area contributed by atoms with Crippen LogP contribution < -0.4 is 10.6 Å². The molecule has 2 rings (SSSR count). The molecule has 0 spiro atoms. The summed E-state index contributed by atoms with van der Waals surface area (Å²) < 4.78 is 0. The number of nitrogens with one attached hydrogen (secondary N) is 2. The number of carbonyl (C=O) groups is 1. The number of benzene rings is 1. The van der Waals surface area contributed by atoms with Gasteiger partial charge in [0, 0.05) is 24.3 Å². The van der Waals surface area contributed by atoms with Gasteiger partial charge in [0.2, 0.25) is 5.91 Å². The van der Waals surface area contributed by atoms with Gasteiger partial charge in [-0.2, -0.15) is 0 Å². The first-order chi connectivity index (χ1) is 9.95. The highest BCUT2D eigenvalue weighted by Gasteiger charge is 2.24. The van der Waals surface area contributed by atoms with E-state index in [2.05, 4.69) is 43.5 Å². The first-order valence-electron chi connectivity index (χ1n) is 8.10. The maximum absolute atomic E-state index is 11.2. The smallest absolute Gasteiger partial charge is 0.221 e. The first-order valence-corrected chi connectivity index (χ1v) is 8.10. The van der Waals surface area contributed by atoms with Crippen LogP contribution in [0.1, 0.15) is 52.0 Å². The van der Waals surface area contributed by atoms with Crippen molar-refractivity contribution in [3.63, 3.8) is 0 Å². The van der Waals surface area contributed by atoms with Gasteiger partial charge < -0.3 is 10.6 Å². The van der Waals surface area contributed by atoms with Crippen LogP contribution in [0.2, 0.25) is 0 Å². The lowest BCUT2D eigenvalue weighted by Gasteiger charge is -2.33. The summed E-state index contributed by atoms with van der Waals surface area (Å²) in [5.74, 6) is 1.57. The zero-order valence-corrected chi connectivity index (χ0v) is 13.7. The Morgan fingerprint density at radius 1 is 1.29 bits per heavy atom. The molecule has 1 aliphatic carbocycles. The Bertz CT molecular complexity index is 496. The van der Waals surface area contributed by atoms with E-state index in [1.54, 1.807) is 6.92 Å². The van der Waals surface area contributed by atoms with Gasteiger partial charge >= 0.3 is 0 Å². The van der Waals surface area contributed by atoms with E-state index in [9.17, 15) is 4.79 Å². The summed E-state index contributed by atoms with van der Waals surface area (Å²) in [5, 5.41) is 6.55. The molecule has 3 nitrogen and oxygen atoms in total. The fourth-order valence-electron chi connectivity index (χ4n) is 3.24. The highest BCUT2D eigenvalue weighted by molar-refractivity contribution is 5.89. The molecular weight excluding hydrogens is 260 g/mol. The summed E-state index contributed by atoms with van der Waals surface area (Å²) in [4.78, 5) is 11.2. The van der Waals surface area contributed by atoms with E-state index in [-0.39, 0.29) is 5.91 Å². The molecule has 0 saturated heterocycles. The fourth-order valence-corrected chi connectivity index (χ4v) is 3.24. The molecule has 1 aromatic carbocycles. The van der Waals surface area contributed by atoms with E-state index in [0.29, 0.717) is 6.04 Å². The minimum atomic E-state index is -0.0256. The van der Waals surface area contributed by atoms with E-state index in [1.165, 1.54) is 31.2 Å². The van der Waals surface area contributed by atoms with Crippen molar-refractivity contribution in [3.8, 4) is 0 Å². The van der Waals surface area contributed by atoms with Crippen LogP contribution in [-0.2, 0) is 4.79 Å². The fraction of sp³-hybridized carbons (Fsp3) is 0.611. The zero-order valence-electron chi connectivity index (χ0n) is 13.7. The average Bonchev–Trinajstić information content (AvgIpc) is 2.42. The topological polar surface area (TPSA) is 41.1 Å². The molecule has 1 saturated carbocycles. The van der Waals surface area contributed by atoms with Crippen LogP contribution in [0.5, 0.6) is 0 Å². The van der Waals surface area contributed by atoms with Gasteiger partial charge in [0.05, 0.1) is 0 Å². The maximum Gasteiger partial charge on any atom is 0.221 e. The Kier molecular flexibility index (Phi) is 5.27. The van der Waals surface area contributed by atoms with Crippen LogP contribution in [0.4, 0.5) is 11.4 Å². The second-order valence-corrected chi connectivity index (χ2v) is 6.72. The van der Waals surface area contributed by atoms with Crippen molar-refractivity contribution in [2.75, 3.05) is 10.6 Å². The molecule has 21 heavy (non-hydrogen) atoms. The van der Waals surface area contributed by atoms with Gasteiger partial charge in [0.25, 0.3) is 0 Å². The van der Waals surface area contributed by atoms with Crippen LogP contribution >= 0.6 is 0 Å². The largest absolute Gasteiger partial charge is 0.382 e. The van der Waals surface area contributed by atoms with Crippen molar-refractivity contribution in [1.29, 1.82) is 0 Å². The number of hydrogen-bond donors (Lipinski definition) is 2. The van der Waals surface area contributed by atoms with E-state index in [0.717, 1.165) is 23.2 Å². The third kappa shape index (κ3) is 4.48.